The molecule has 0 aromatic heterocycles. The lowest BCUT2D eigenvalue weighted by molar-refractivity contribution is -0.137. The lowest BCUT2D eigenvalue weighted by Gasteiger charge is -2.15. The molecule has 0 fully saturated rings. The van der Waals surface area contributed by atoms with Gasteiger partial charge in [-0.1, -0.05) is 24.3 Å². The van der Waals surface area contributed by atoms with Crippen molar-refractivity contribution in [2.45, 2.75) is 20.0 Å². The lowest BCUT2D eigenvalue weighted by Crippen LogP contribution is -2.08. The molecule has 5 rings (SSSR count). The first-order chi connectivity index (χ1) is 22.9. The topological polar surface area (TPSA) is 132 Å². The highest BCUT2D eigenvalue weighted by Crippen LogP contribution is 2.57. The molecule has 11 heteroatoms. The van der Waals surface area contributed by atoms with Gasteiger partial charge in [0.1, 0.15) is 6.07 Å². The zero-order valence-corrected chi connectivity index (χ0v) is 24.8. The van der Waals surface area contributed by atoms with Crippen molar-refractivity contribution < 1.29 is 13.2 Å². The van der Waals surface area contributed by atoms with Crippen molar-refractivity contribution in [3.63, 3.8) is 0 Å². The molecule has 8 nitrogen and oxygen atoms in total. The van der Waals surface area contributed by atoms with Gasteiger partial charge in [-0.05, 0) is 82.1 Å². The molecule has 0 radical (unpaired) electrons. The molecule has 0 saturated heterocycles. The standard InChI is InChI=1S/C37H13F3N8/c1-18-6-7-20(10-19(18)2)31-34(28(16-44)46-3)24-12-23-25(14-42)30(21-8-9-27(37(38,39)40)22(11-21)13-41)35(29(17-45)47-4)32(23)26(15-43)33(24)36(31)48-5/h6-12H,1-2H3/b34-28-,35-29-. The normalized spacial score (nSPS) is 14.9. The Morgan fingerprint density at radius 1 is 0.688 bits per heavy atom. The Bertz CT molecular complexity index is 2510. The van der Waals surface area contributed by atoms with Gasteiger partial charge < -0.3 is 0 Å². The molecule has 0 N–H and O–H groups in total. The van der Waals surface area contributed by atoms with E-state index >= 15 is 0 Å². The summed E-state index contributed by atoms with van der Waals surface area (Å²) in [4.78, 5) is 10.4. The van der Waals surface area contributed by atoms with Crippen molar-refractivity contribution in [3.8, 4) is 30.3 Å². The maximum atomic E-state index is 13.7. The summed E-state index contributed by atoms with van der Waals surface area (Å²) in [7, 11) is 0. The maximum Gasteiger partial charge on any atom is 0.417 e. The molecular weight excluding hydrogens is 613 g/mol. The van der Waals surface area contributed by atoms with E-state index in [9.17, 15) is 39.5 Å². The number of fused-ring (bicyclic) bond motifs is 2. The summed E-state index contributed by atoms with van der Waals surface area (Å²) in [5, 5.41) is 50.7. The van der Waals surface area contributed by atoms with Crippen LogP contribution in [0.2, 0.25) is 0 Å². The van der Waals surface area contributed by atoms with E-state index in [4.69, 9.17) is 19.7 Å². The van der Waals surface area contributed by atoms with E-state index in [0.29, 0.717) is 11.6 Å². The van der Waals surface area contributed by atoms with Crippen LogP contribution in [-0.2, 0) is 6.18 Å². The van der Waals surface area contributed by atoms with Gasteiger partial charge in [0.2, 0.25) is 5.70 Å². The van der Waals surface area contributed by atoms with Crippen molar-refractivity contribution in [1.29, 1.82) is 26.3 Å². The summed E-state index contributed by atoms with van der Waals surface area (Å²) >= 11 is 0. The predicted octanol–water partition coefficient (Wildman–Crippen LogP) is 8.62. The van der Waals surface area contributed by atoms with Gasteiger partial charge in [0, 0.05) is 16.7 Å². The third-order valence-electron chi connectivity index (χ3n) is 8.11. The number of allylic oxidation sites excluding steroid dienone is 7. The van der Waals surface area contributed by atoms with Crippen molar-refractivity contribution in [1.82, 2.24) is 0 Å². The number of halogens is 3. The van der Waals surface area contributed by atoms with Crippen LogP contribution >= 0.6 is 0 Å². The third kappa shape index (κ3) is 4.55. The number of hydrogen-bond acceptors (Lipinski definition) is 5. The molecule has 0 amide bonds. The van der Waals surface area contributed by atoms with Crippen LogP contribution in [0.25, 0.3) is 48.1 Å². The van der Waals surface area contributed by atoms with E-state index in [2.05, 4.69) is 14.5 Å². The Hall–Kier alpha value is -7.67. The van der Waals surface area contributed by atoms with Gasteiger partial charge in [0.25, 0.3) is 11.4 Å². The van der Waals surface area contributed by atoms with E-state index in [1.165, 1.54) is 12.1 Å². The average molecular weight is 627 g/mol. The second-order valence-corrected chi connectivity index (χ2v) is 10.5. The van der Waals surface area contributed by atoms with Crippen LogP contribution in [0.1, 0.15) is 61.2 Å². The molecule has 0 heterocycles. The number of benzene rings is 3. The molecule has 0 saturated carbocycles. The highest BCUT2D eigenvalue weighted by Gasteiger charge is 2.41. The molecule has 0 unspecified atom stereocenters. The minimum absolute atomic E-state index is 0.00181. The first kappa shape index (κ1) is 31.7. The number of hydrogen-bond donors (Lipinski definition) is 0. The van der Waals surface area contributed by atoms with Crippen LogP contribution in [0.4, 0.5) is 13.2 Å². The summed E-state index contributed by atoms with van der Waals surface area (Å²) in [6.07, 6.45) is -4.88. The Labute approximate surface area is 272 Å². The highest BCUT2D eigenvalue weighted by molar-refractivity contribution is 6.30. The van der Waals surface area contributed by atoms with E-state index in [1.807, 2.05) is 32.1 Å². The minimum Gasteiger partial charge on any atom is -0.237 e. The summed E-state index contributed by atoms with van der Waals surface area (Å²) < 4.78 is 41.0. The Kier molecular flexibility index (Phi) is 7.73. The molecule has 0 bridgehead atoms. The van der Waals surface area contributed by atoms with Crippen molar-refractivity contribution in [2.24, 2.45) is 0 Å². The van der Waals surface area contributed by atoms with Gasteiger partial charge >= 0.3 is 6.18 Å². The number of nitrogens with zero attached hydrogens (tertiary/aromatic N) is 8. The Morgan fingerprint density at radius 3 is 1.83 bits per heavy atom. The minimum atomic E-state index is -4.88. The number of rotatable bonds is 2. The average Bonchev–Trinajstić information content (AvgIpc) is 3.58. The highest BCUT2D eigenvalue weighted by atomic mass is 19.4. The third-order valence-corrected chi connectivity index (χ3v) is 8.11. The zero-order chi connectivity index (χ0) is 35.1. The van der Waals surface area contributed by atoms with E-state index in [0.717, 1.165) is 23.3 Å². The summed E-state index contributed by atoms with van der Waals surface area (Å²) in [5.41, 5.74) is -1.53. The fraction of sp³-hybridized carbons (Fsp3) is 0.0811. The smallest absolute Gasteiger partial charge is 0.237 e. The molecule has 222 valence electrons. The van der Waals surface area contributed by atoms with Gasteiger partial charge in [-0.3, -0.25) is 0 Å². The van der Waals surface area contributed by atoms with Crippen LogP contribution in [0.15, 0.2) is 53.9 Å². The maximum absolute atomic E-state index is 13.7. The number of alkyl halides is 3. The van der Waals surface area contributed by atoms with Crippen LogP contribution in [0.5, 0.6) is 0 Å². The molecule has 0 atom stereocenters. The second-order valence-electron chi connectivity index (χ2n) is 10.5. The molecule has 0 spiro atoms. The Balaban J connectivity index is 2.00. The number of aryl methyl sites for hydroxylation is 2. The first-order valence-corrected chi connectivity index (χ1v) is 13.6. The van der Waals surface area contributed by atoms with Crippen LogP contribution in [-0.4, -0.2) is 0 Å². The molecule has 48 heavy (non-hydrogen) atoms. The first-order valence-electron chi connectivity index (χ1n) is 13.6. The van der Waals surface area contributed by atoms with E-state index < -0.39 is 28.7 Å². The van der Waals surface area contributed by atoms with Crippen LogP contribution in [0.3, 0.4) is 0 Å². The van der Waals surface area contributed by atoms with E-state index in [-0.39, 0.29) is 66.9 Å². The fourth-order valence-electron chi connectivity index (χ4n) is 5.95. The van der Waals surface area contributed by atoms with Crippen molar-refractivity contribution >= 4 is 33.6 Å². The van der Waals surface area contributed by atoms with Gasteiger partial charge in [-0.2, -0.15) is 29.0 Å². The van der Waals surface area contributed by atoms with Gasteiger partial charge in [0.15, 0.2) is 0 Å². The predicted molar refractivity (Wildman–Crippen MR) is 167 cm³/mol. The van der Waals surface area contributed by atoms with Crippen molar-refractivity contribution in [2.75, 3.05) is 0 Å². The zero-order valence-electron chi connectivity index (χ0n) is 24.8. The monoisotopic (exact) mass is 626 g/mol. The van der Waals surface area contributed by atoms with E-state index in [1.54, 1.807) is 24.3 Å². The fourth-order valence-corrected chi connectivity index (χ4v) is 5.95. The number of nitriles is 5. The largest absolute Gasteiger partial charge is 0.417 e. The SMILES string of the molecule is [C-]#[N+]C1=C(c2ccc(C)c(C)c2)/C(=C(/C#N)[N+]#[C-])c2cc3c(c(C#N)c21)/C(=C(/C#N)[N+]#[C-])C(c1ccc(C(F)(F)F)c(C#N)c1)=C3C#N. The molecule has 2 aliphatic carbocycles. The summed E-state index contributed by atoms with van der Waals surface area (Å²) in [6, 6.07) is 18.3. The van der Waals surface area contributed by atoms with Crippen molar-refractivity contribution in [3.05, 3.63) is 149 Å². The summed E-state index contributed by atoms with van der Waals surface area (Å²) in [6.45, 7) is 27.4. The second kappa shape index (κ2) is 11.7. The van der Waals surface area contributed by atoms with Crippen LogP contribution < -0.4 is 0 Å². The Morgan fingerprint density at radius 2 is 1.31 bits per heavy atom. The molecule has 0 aliphatic heterocycles. The molecule has 3 aromatic rings. The lowest BCUT2D eigenvalue weighted by atomic mass is 9.87. The summed E-state index contributed by atoms with van der Waals surface area (Å²) in [5.74, 6) is 0. The van der Waals surface area contributed by atoms with Gasteiger partial charge in [0.05, 0.1) is 66.3 Å². The molecular formula is C37H13F3N8. The quantitative estimate of drug-likeness (QED) is 0.207. The van der Waals surface area contributed by atoms with Crippen LogP contribution in [0, 0.1) is 90.2 Å². The van der Waals surface area contributed by atoms with Gasteiger partial charge in [-0.25, -0.2) is 25.1 Å². The molecule has 2 aliphatic rings. The van der Waals surface area contributed by atoms with Gasteiger partial charge in [-0.15, -0.1) is 0 Å². The molecule has 3 aromatic carbocycles.